The Labute approximate surface area is 171 Å². The Hall–Kier alpha value is -4.00. The van der Waals surface area contributed by atoms with Gasteiger partial charge in [-0.25, -0.2) is 4.39 Å². The Kier molecular flexibility index (Phi) is 5.02. The molecule has 0 saturated carbocycles. The maximum Gasteiger partial charge on any atom is 0.300 e. The molecular weight excluding hydrogens is 387 g/mol. The number of halogens is 1. The van der Waals surface area contributed by atoms with Gasteiger partial charge in [-0.1, -0.05) is 12.1 Å². The SMILES string of the molecule is COc1cccc(/C(O)=C2/C(=O)C(=O)N(c3ccc(F)cc3)C2c2ccncc2)c1. The first-order chi connectivity index (χ1) is 14.5. The Bertz CT molecular complexity index is 1140. The number of benzene rings is 2. The van der Waals surface area contributed by atoms with E-state index in [9.17, 15) is 19.1 Å². The van der Waals surface area contributed by atoms with E-state index in [2.05, 4.69) is 4.98 Å². The molecular formula is C23H17FN2O4. The number of aliphatic hydroxyl groups is 1. The lowest BCUT2D eigenvalue weighted by Crippen LogP contribution is -2.29. The summed E-state index contributed by atoms with van der Waals surface area (Å²) in [5.74, 6) is -1.94. The molecule has 7 heteroatoms. The predicted molar refractivity (Wildman–Crippen MR) is 108 cm³/mol. The molecule has 1 saturated heterocycles. The van der Waals surface area contributed by atoms with Crippen molar-refractivity contribution in [2.24, 2.45) is 0 Å². The van der Waals surface area contributed by atoms with Gasteiger partial charge in [0.2, 0.25) is 0 Å². The van der Waals surface area contributed by atoms with Gasteiger partial charge in [-0.15, -0.1) is 0 Å². The van der Waals surface area contributed by atoms with E-state index in [0.29, 0.717) is 22.6 Å². The van der Waals surface area contributed by atoms with Gasteiger partial charge in [0.25, 0.3) is 11.7 Å². The van der Waals surface area contributed by atoms with Crippen LogP contribution in [0, 0.1) is 5.82 Å². The summed E-state index contributed by atoms with van der Waals surface area (Å²) < 4.78 is 18.6. The van der Waals surface area contributed by atoms with E-state index in [1.807, 2.05) is 0 Å². The fourth-order valence-corrected chi connectivity index (χ4v) is 3.49. The van der Waals surface area contributed by atoms with Crippen molar-refractivity contribution in [2.45, 2.75) is 6.04 Å². The van der Waals surface area contributed by atoms with E-state index in [-0.39, 0.29) is 11.3 Å². The first-order valence-electron chi connectivity index (χ1n) is 9.12. The van der Waals surface area contributed by atoms with Gasteiger partial charge in [0, 0.05) is 23.6 Å². The smallest absolute Gasteiger partial charge is 0.300 e. The zero-order chi connectivity index (χ0) is 21.3. The summed E-state index contributed by atoms with van der Waals surface area (Å²) in [6, 6.07) is 14.2. The summed E-state index contributed by atoms with van der Waals surface area (Å²) in [5.41, 5.74) is 1.19. The molecule has 6 nitrogen and oxygen atoms in total. The van der Waals surface area contributed by atoms with Crippen molar-refractivity contribution in [3.63, 3.8) is 0 Å². The molecule has 1 atom stereocenters. The highest BCUT2D eigenvalue weighted by Crippen LogP contribution is 2.42. The zero-order valence-corrected chi connectivity index (χ0v) is 15.9. The van der Waals surface area contributed by atoms with Crippen LogP contribution in [0.25, 0.3) is 5.76 Å². The minimum absolute atomic E-state index is 0.0659. The first kappa shape index (κ1) is 19.3. The lowest BCUT2D eigenvalue weighted by atomic mass is 9.95. The number of ether oxygens (including phenoxy) is 1. The van der Waals surface area contributed by atoms with Crippen molar-refractivity contribution in [2.75, 3.05) is 12.0 Å². The van der Waals surface area contributed by atoms with Gasteiger partial charge in [0.1, 0.15) is 17.3 Å². The molecule has 1 N–H and O–H groups in total. The highest BCUT2D eigenvalue weighted by Gasteiger charge is 2.46. The summed E-state index contributed by atoms with van der Waals surface area (Å²) in [6.07, 6.45) is 3.07. The number of amides is 1. The predicted octanol–water partition coefficient (Wildman–Crippen LogP) is 3.86. The molecule has 150 valence electrons. The summed E-state index contributed by atoms with van der Waals surface area (Å²) in [5, 5.41) is 11.0. The lowest BCUT2D eigenvalue weighted by Gasteiger charge is -2.25. The van der Waals surface area contributed by atoms with Crippen molar-refractivity contribution in [1.29, 1.82) is 0 Å². The second-order valence-electron chi connectivity index (χ2n) is 6.66. The number of hydrogen-bond donors (Lipinski definition) is 1. The fraction of sp³-hybridized carbons (Fsp3) is 0.0870. The summed E-state index contributed by atoms with van der Waals surface area (Å²) in [4.78, 5) is 31.2. The largest absolute Gasteiger partial charge is 0.507 e. The number of Topliss-reactive ketones (excluding diaryl/α,β-unsaturated/α-hetero) is 1. The Morgan fingerprint density at radius 3 is 2.43 bits per heavy atom. The van der Waals surface area contributed by atoms with Crippen LogP contribution in [0.3, 0.4) is 0 Å². The minimum Gasteiger partial charge on any atom is -0.507 e. The van der Waals surface area contributed by atoms with Crippen LogP contribution in [0.4, 0.5) is 10.1 Å². The average molecular weight is 404 g/mol. The van der Waals surface area contributed by atoms with E-state index in [4.69, 9.17) is 4.74 Å². The van der Waals surface area contributed by atoms with Gasteiger partial charge in [-0.3, -0.25) is 19.5 Å². The summed E-state index contributed by atoms with van der Waals surface area (Å²) in [7, 11) is 1.49. The lowest BCUT2D eigenvalue weighted by molar-refractivity contribution is -0.132. The van der Waals surface area contributed by atoms with Crippen molar-refractivity contribution in [3.8, 4) is 5.75 Å². The first-order valence-corrected chi connectivity index (χ1v) is 9.12. The van der Waals surface area contributed by atoms with Crippen LogP contribution in [-0.2, 0) is 9.59 Å². The number of hydrogen-bond acceptors (Lipinski definition) is 5. The third kappa shape index (κ3) is 3.30. The normalized spacial score (nSPS) is 17.9. The number of aliphatic hydroxyl groups excluding tert-OH is 1. The molecule has 1 aliphatic rings. The quantitative estimate of drug-likeness (QED) is 0.406. The van der Waals surface area contributed by atoms with Gasteiger partial charge >= 0.3 is 0 Å². The summed E-state index contributed by atoms with van der Waals surface area (Å²) >= 11 is 0. The molecule has 1 aromatic heterocycles. The Balaban J connectivity index is 1.93. The van der Waals surface area contributed by atoms with Crippen molar-refractivity contribution in [1.82, 2.24) is 4.98 Å². The number of aromatic nitrogens is 1. The van der Waals surface area contributed by atoms with E-state index < -0.39 is 23.5 Å². The van der Waals surface area contributed by atoms with Crippen LogP contribution in [0.15, 0.2) is 78.6 Å². The monoisotopic (exact) mass is 404 g/mol. The summed E-state index contributed by atoms with van der Waals surface area (Å²) in [6.45, 7) is 0. The maximum atomic E-state index is 13.4. The Morgan fingerprint density at radius 2 is 1.77 bits per heavy atom. The van der Waals surface area contributed by atoms with Crippen LogP contribution < -0.4 is 9.64 Å². The molecule has 30 heavy (non-hydrogen) atoms. The van der Waals surface area contributed by atoms with Crippen molar-refractivity contribution < 1.29 is 23.8 Å². The van der Waals surface area contributed by atoms with Crippen molar-refractivity contribution >= 4 is 23.1 Å². The van der Waals surface area contributed by atoms with E-state index >= 15 is 0 Å². The molecule has 0 aliphatic carbocycles. The average Bonchev–Trinajstić information content (AvgIpc) is 3.05. The fourth-order valence-electron chi connectivity index (χ4n) is 3.49. The van der Waals surface area contributed by atoms with Gasteiger partial charge in [0.15, 0.2) is 0 Å². The molecule has 2 aromatic carbocycles. The number of nitrogens with zero attached hydrogens (tertiary/aromatic N) is 2. The van der Waals surface area contributed by atoms with Gasteiger partial charge < -0.3 is 9.84 Å². The second-order valence-corrected chi connectivity index (χ2v) is 6.66. The highest BCUT2D eigenvalue weighted by atomic mass is 19.1. The van der Waals surface area contributed by atoms with Crippen LogP contribution in [0.2, 0.25) is 0 Å². The number of methoxy groups -OCH3 is 1. The number of rotatable bonds is 4. The van der Waals surface area contributed by atoms with Crippen LogP contribution in [0.1, 0.15) is 17.2 Å². The van der Waals surface area contributed by atoms with Crippen LogP contribution in [-0.4, -0.2) is 28.9 Å². The number of pyridine rings is 1. The van der Waals surface area contributed by atoms with Gasteiger partial charge in [-0.2, -0.15) is 0 Å². The zero-order valence-electron chi connectivity index (χ0n) is 15.9. The molecule has 0 spiro atoms. The van der Waals surface area contributed by atoms with Crippen LogP contribution in [0.5, 0.6) is 5.75 Å². The number of carbonyl (C=O) groups is 2. The number of ketones is 1. The molecule has 0 bridgehead atoms. The molecule has 1 unspecified atom stereocenters. The molecule has 3 aromatic rings. The highest BCUT2D eigenvalue weighted by molar-refractivity contribution is 6.51. The van der Waals surface area contributed by atoms with E-state index in [1.54, 1.807) is 36.4 Å². The van der Waals surface area contributed by atoms with E-state index in [1.165, 1.54) is 48.7 Å². The third-order valence-electron chi connectivity index (χ3n) is 4.91. The number of carbonyl (C=O) groups excluding carboxylic acids is 2. The molecule has 1 amide bonds. The van der Waals surface area contributed by atoms with Crippen molar-refractivity contribution in [3.05, 3.63) is 95.6 Å². The van der Waals surface area contributed by atoms with Gasteiger partial charge in [-0.05, 0) is 54.1 Å². The topological polar surface area (TPSA) is 79.7 Å². The Morgan fingerprint density at radius 1 is 1.07 bits per heavy atom. The van der Waals surface area contributed by atoms with Crippen LogP contribution >= 0.6 is 0 Å². The van der Waals surface area contributed by atoms with E-state index in [0.717, 1.165) is 0 Å². The molecule has 4 rings (SSSR count). The minimum atomic E-state index is -0.898. The number of anilines is 1. The molecule has 0 radical (unpaired) electrons. The molecule has 1 fully saturated rings. The standard InChI is InChI=1S/C23H17FN2O4/c1-30-18-4-2-3-15(13-18)21(27)19-20(14-9-11-25-12-10-14)26(23(29)22(19)28)17-7-5-16(24)6-8-17/h2-13,20,27H,1H3/b21-19-. The molecule has 2 heterocycles. The third-order valence-corrected chi connectivity index (χ3v) is 4.91. The van der Waals surface area contributed by atoms with Gasteiger partial charge in [0.05, 0.1) is 18.7 Å². The maximum absolute atomic E-state index is 13.4. The second kappa shape index (κ2) is 7.79. The molecule has 1 aliphatic heterocycles.